The van der Waals surface area contributed by atoms with E-state index in [0.717, 1.165) is 16.6 Å². The first-order chi connectivity index (χ1) is 7.27. The number of para-hydroxylation sites is 1. The monoisotopic (exact) mass is 211 g/mol. The lowest BCUT2D eigenvalue weighted by molar-refractivity contribution is 0.145. The lowest BCUT2D eigenvalue weighted by Crippen LogP contribution is -2.20. The Morgan fingerprint density at radius 3 is 2.93 bits per heavy atom. The highest BCUT2D eigenvalue weighted by Crippen LogP contribution is 2.14. The average Bonchev–Trinajstić information content (AvgIpc) is 2.62. The summed E-state index contributed by atoms with van der Waals surface area (Å²) in [5, 5.41) is 10.5. The molecule has 0 amide bonds. The predicted molar refractivity (Wildman–Crippen MR) is 53.8 cm³/mol. The molecule has 0 aliphatic rings. The van der Waals surface area contributed by atoms with E-state index >= 15 is 0 Å². The molecule has 1 aromatic heterocycles. The van der Waals surface area contributed by atoms with E-state index in [9.17, 15) is 8.78 Å². The van der Waals surface area contributed by atoms with Crippen LogP contribution in [0.2, 0.25) is 0 Å². The van der Waals surface area contributed by atoms with Crippen LogP contribution in [0.25, 0.3) is 10.9 Å². The first kappa shape index (κ1) is 10.0. The van der Waals surface area contributed by atoms with Crippen molar-refractivity contribution in [1.82, 2.24) is 15.5 Å². The van der Waals surface area contributed by atoms with Gasteiger partial charge in [0.05, 0.1) is 17.8 Å². The van der Waals surface area contributed by atoms with Gasteiger partial charge in [0.2, 0.25) is 0 Å². The third-order valence-corrected chi connectivity index (χ3v) is 2.14. The van der Waals surface area contributed by atoms with Gasteiger partial charge in [-0.1, -0.05) is 18.2 Å². The van der Waals surface area contributed by atoms with E-state index in [0.29, 0.717) is 6.54 Å². The molecule has 2 rings (SSSR count). The van der Waals surface area contributed by atoms with Gasteiger partial charge >= 0.3 is 0 Å². The van der Waals surface area contributed by atoms with Crippen molar-refractivity contribution in [2.45, 2.75) is 13.0 Å². The number of hydrogen-bond acceptors (Lipinski definition) is 2. The van der Waals surface area contributed by atoms with Crippen LogP contribution in [-0.4, -0.2) is 23.2 Å². The standard InChI is InChI=1S/C10H11F2N3/c11-10(12)6-13-5-9-7-3-1-2-4-8(7)14-15-9/h1-4,10,13H,5-6H2,(H,14,15). The quantitative estimate of drug-likeness (QED) is 0.811. The summed E-state index contributed by atoms with van der Waals surface area (Å²) in [6.45, 7) is 0.0815. The number of halogens is 2. The fraction of sp³-hybridized carbons (Fsp3) is 0.300. The lowest BCUT2D eigenvalue weighted by atomic mass is 10.2. The molecular formula is C10H11F2N3. The predicted octanol–water partition coefficient (Wildman–Crippen LogP) is 1.92. The van der Waals surface area contributed by atoms with E-state index in [-0.39, 0.29) is 6.54 Å². The Labute approximate surface area is 85.5 Å². The van der Waals surface area contributed by atoms with E-state index in [1.165, 1.54) is 0 Å². The topological polar surface area (TPSA) is 40.7 Å². The van der Waals surface area contributed by atoms with Crippen molar-refractivity contribution in [2.75, 3.05) is 6.54 Å². The van der Waals surface area contributed by atoms with Crippen LogP contribution < -0.4 is 5.32 Å². The number of aromatic nitrogens is 2. The highest BCUT2D eigenvalue weighted by atomic mass is 19.3. The molecule has 0 radical (unpaired) electrons. The molecule has 3 nitrogen and oxygen atoms in total. The SMILES string of the molecule is FC(F)CNCc1[nH]nc2ccccc12. The first-order valence-electron chi connectivity index (χ1n) is 4.68. The Hall–Kier alpha value is -1.49. The number of nitrogens with zero attached hydrogens (tertiary/aromatic N) is 1. The van der Waals surface area contributed by atoms with Gasteiger partial charge in [-0.05, 0) is 6.07 Å². The van der Waals surface area contributed by atoms with Crippen molar-refractivity contribution >= 4 is 10.9 Å². The van der Waals surface area contributed by atoms with Crippen LogP contribution in [0.4, 0.5) is 8.78 Å². The van der Waals surface area contributed by atoms with Crippen LogP contribution in [-0.2, 0) is 6.54 Å². The van der Waals surface area contributed by atoms with Crippen molar-refractivity contribution in [3.8, 4) is 0 Å². The molecule has 0 aliphatic heterocycles. The molecule has 0 spiro atoms. The van der Waals surface area contributed by atoms with Gasteiger partial charge < -0.3 is 5.32 Å². The minimum absolute atomic E-state index is 0.298. The van der Waals surface area contributed by atoms with Crippen molar-refractivity contribution in [1.29, 1.82) is 0 Å². The third-order valence-electron chi connectivity index (χ3n) is 2.14. The van der Waals surface area contributed by atoms with Crippen molar-refractivity contribution in [3.63, 3.8) is 0 Å². The van der Waals surface area contributed by atoms with Crippen LogP contribution in [0.3, 0.4) is 0 Å². The summed E-state index contributed by atoms with van der Waals surface area (Å²) in [6.07, 6.45) is -2.32. The Morgan fingerprint density at radius 1 is 1.33 bits per heavy atom. The maximum atomic E-state index is 11.9. The Kier molecular flexibility index (Phi) is 2.91. The first-order valence-corrected chi connectivity index (χ1v) is 4.68. The zero-order valence-corrected chi connectivity index (χ0v) is 8.00. The van der Waals surface area contributed by atoms with E-state index in [1.807, 2.05) is 24.3 Å². The van der Waals surface area contributed by atoms with Gasteiger partial charge in [0.15, 0.2) is 0 Å². The van der Waals surface area contributed by atoms with Gasteiger partial charge in [-0.15, -0.1) is 0 Å². The summed E-state index contributed by atoms with van der Waals surface area (Å²) in [4.78, 5) is 0. The second kappa shape index (κ2) is 4.35. The molecule has 0 fully saturated rings. The molecule has 1 aromatic carbocycles. The van der Waals surface area contributed by atoms with Crippen LogP contribution in [0, 0.1) is 0 Å². The molecule has 15 heavy (non-hydrogen) atoms. The number of aromatic amines is 1. The van der Waals surface area contributed by atoms with E-state index in [2.05, 4.69) is 15.5 Å². The van der Waals surface area contributed by atoms with Gasteiger partial charge in [-0.2, -0.15) is 5.10 Å². The number of H-pyrrole nitrogens is 1. The highest BCUT2D eigenvalue weighted by molar-refractivity contribution is 5.80. The molecule has 0 unspecified atom stereocenters. The number of fused-ring (bicyclic) bond motifs is 1. The lowest BCUT2D eigenvalue weighted by Gasteiger charge is -2.01. The maximum absolute atomic E-state index is 11.9. The minimum Gasteiger partial charge on any atom is -0.306 e. The van der Waals surface area contributed by atoms with Crippen LogP contribution in [0.5, 0.6) is 0 Å². The van der Waals surface area contributed by atoms with E-state index in [1.54, 1.807) is 0 Å². The van der Waals surface area contributed by atoms with Crippen LogP contribution >= 0.6 is 0 Å². The number of benzene rings is 1. The molecule has 0 bridgehead atoms. The largest absolute Gasteiger partial charge is 0.306 e. The number of nitrogens with one attached hydrogen (secondary N) is 2. The second-order valence-corrected chi connectivity index (χ2v) is 3.24. The van der Waals surface area contributed by atoms with Crippen LogP contribution in [0.15, 0.2) is 24.3 Å². The Balaban J connectivity index is 2.08. The average molecular weight is 211 g/mol. The second-order valence-electron chi connectivity index (χ2n) is 3.24. The van der Waals surface area contributed by atoms with Gasteiger partial charge in [-0.3, -0.25) is 5.10 Å². The summed E-state index contributed by atoms with van der Waals surface area (Å²) < 4.78 is 23.8. The molecule has 0 aliphatic carbocycles. The van der Waals surface area contributed by atoms with Crippen LogP contribution in [0.1, 0.15) is 5.69 Å². The number of alkyl halides is 2. The van der Waals surface area contributed by atoms with Crippen molar-refractivity contribution < 1.29 is 8.78 Å². The van der Waals surface area contributed by atoms with Crippen molar-refractivity contribution in [3.05, 3.63) is 30.0 Å². The summed E-state index contributed by atoms with van der Waals surface area (Å²) >= 11 is 0. The fourth-order valence-electron chi connectivity index (χ4n) is 1.46. The zero-order chi connectivity index (χ0) is 10.7. The number of rotatable bonds is 4. The molecule has 0 saturated carbocycles. The van der Waals surface area contributed by atoms with Gasteiger partial charge in [0.25, 0.3) is 6.43 Å². The molecular weight excluding hydrogens is 200 g/mol. The van der Waals surface area contributed by atoms with Gasteiger partial charge in [0.1, 0.15) is 0 Å². The zero-order valence-electron chi connectivity index (χ0n) is 8.00. The molecule has 80 valence electrons. The van der Waals surface area contributed by atoms with Gasteiger partial charge in [0, 0.05) is 11.9 Å². The molecule has 5 heteroatoms. The summed E-state index contributed by atoms with van der Waals surface area (Å²) in [7, 11) is 0. The smallest absolute Gasteiger partial charge is 0.250 e. The number of hydrogen-bond donors (Lipinski definition) is 2. The van der Waals surface area contributed by atoms with E-state index in [4.69, 9.17) is 0 Å². The highest BCUT2D eigenvalue weighted by Gasteiger charge is 2.05. The molecule has 1 heterocycles. The summed E-state index contributed by atoms with van der Waals surface area (Å²) in [6, 6.07) is 7.58. The molecule has 2 aromatic rings. The molecule has 0 saturated heterocycles. The molecule has 2 N–H and O–H groups in total. The van der Waals surface area contributed by atoms with E-state index < -0.39 is 6.43 Å². The molecule has 0 atom stereocenters. The summed E-state index contributed by atoms with van der Waals surface area (Å²) in [5.41, 5.74) is 1.69. The fourth-order valence-corrected chi connectivity index (χ4v) is 1.46. The minimum atomic E-state index is -2.32. The normalized spacial score (nSPS) is 11.4. The third kappa shape index (κ3) is 2.30. The Morgan fingerprint density at radius 2 is 2.13 bits per heavy atom. The Bertz CT molecular complexity index is 439. The summed E-state index contributed by atoms with van der Waals surface area (Å²) in [5.74, 6) is 0. The van der Waals surface area contributed by atoms with Crippen molar-refractivity contribution in [2.24, 2.45) is 0 Å². The van der Waals surface area contributed by atoms with Gasteiger partial charge in [-0.25, -0.2) is 8.78 Å². The maximum Gasteiger partial charge on any atom is 0.250 e.